The second kappa shape index (κ2) is 8.62. The fraction of sp³-hybridized carbons (Fsp3) is 0.211. The minimum absolute atomic E-state index is 0.455. The first kappa shape index (κ1) is 17.4. The molecule has 126 valence electrons. The van der Waals surface area contributed by atoms with Crippen molar-refractivity contribution in [2.45, 2.75) is 6.54 Å². The van der Waals surface area contributed by atoms with Crippen LogP contribution in [0.2, 0.25) is 0 Å². The monoisotopic (exact) mass is 326 g/mol. The van der Waals surface area contributed by atoms with Gasteiger partial charge in [-0.15, -0.1) is 0 Å². The molecular formula is C19H22N2O3. The van der Waals surface area contributed by atoms with Gasteiger partial charge in [-0.3, -0.25) is 4.79 Å². The lowest BCUT2D eigenvalue weighted by molar-refractivity contribution is -0.109. The highest BCUT2D eigenvalue weighted by molar-refractivity contribution is 5.79. The smallest absolute Gasteiger partial charge is 0.207 e. The first-order valence-corrected chi connectivity index (χ1v) is 7.57. The summed E-state index contributed by atoms with van der Waals surface area (Å²) in [5, 5.41) is 3.89. The van der Waals surface area contributed by atoms with Crippen LogP contribution >= 0.6 is 0 Å². The zero-order valence-corrected chi connectivity index (χ0v) is 14.2. The van der Waals surface area contributed by atoms with Gasteiger partial charge in [0.1, 0.15) is 11.5 Å². The Morgan fingerprint density at radius 3 is 2.54 bits per heavy atom. The number of rotatable bonds is 5. The van der Waals surface area contributed by atoms with Crippen LogP contribution in [0.15, 0.2) is 54.7 Å². The van der Waals surface area contributed by atoms with Gasteiger partial charge in [0.2, 0.25) is 6.41 Å². The molecule has 5 heteroatoms. The maximum atomic E-state index is 10.1. The summed E-state index contributed by atoms with van der Waals surface area (Å²) in [4.78, 5) is 10.1. The lowest BCUT2D eigenvalue weighted by Crippen LogP contribution is -2.10. The minimum atomic E-state index is 0.455. The molecule has 0 saturated carbocycles. The summed E-state index contributed by atoms with van der Waals surface area (Å²) in [6, 6.07) is 15.9. The number of hydrogen-bond acceptors (Lipinski definition) is 3. The van der Waals surface area contributed by atoms with E-state index in [4.69, 9.17) is 9.47 Å². The highest BCUT2D eigenvalue weighted by atomic mass is 16.5. The Balaban J connectivity index is 0.000000182. The molecule has 24 heavy (non-hydrogen) atoms. The van der Waals surface area contributed by atoms with Gasteiger partial charge in [0.25, 0.3) is 0 Å². The summed E-state index contributed by atoms with van der Waals surface area (Å²) in [6.45, 7) is 0.455. The van der Waals surface area contributed by atoms with E-state index in [1.807, 2.05) is 12.1 Å². The van der Waals surface area contributed by atoms with Gasteiger partial charge in [0, 0.05) is 36.9 Å². The van der Waals surface area contributed by atoms with Gasteiger partial charge in [0.15, 0.2) is 0 Å². The molecule has 0 aliphatic heterocycles. The number of nitrogens with zero attached hydrogens (tertiary/aromatic N) is 1. The van der Waals surface area contributed by atoms with Crippen molar-refractivity contribution in [3.8, 4) is 11.5 Å². The second-order valence-corrected chi connectivity index (χ2v) is 5.16. The number of aromatic nitrogens is 1. The van der Waals surface area contributed by atoms with Gasteiger partial charge in [-0.25, -0.2) is 0 Å². The molecule has 0 saturated heterocycles. The van der Waals surface area contributed by atoms with Crippen molar-refractivity contribution in [3.05, 3.63) is 60.3 Å². The normalized spacial score (nSPS) is 9.79. The highest BCUT2D eigenvalue weighted by Crippen LogP contribution is 2.24. The van der Waals surface area contributed by atoms with Crippen molar-refractivity contribution in [1.82, 2.24) is 9.88 Å². The number of ether oxygens (including phenoxy) is 2. The van der Waals surface area contributed by atoms with Crippen LogP contribution in [0, 0.1) is 0 Å². The van der Waals surface area contributed by atoms with Gasteiger partial charge >= 0.3 is 0 Å². The number of methoxy groups -OCH3 is 2. The average Bonchev–Trinajstić information content (AvgIpc) is 3.02. The van der Waals surface area contributed by atoms with Crippen LogP contribution in [0.4, 0.5) is 0 Å². The SMILES string of the molecule is COc1ccc(CNC=O)c(OC)c1.Cn1ccc2ccccc21. The van der Waals surface area contributed by atoms with E-state index in [0.717, 1.165) is 11.3 Å². The Kier molecular flexibility index (Phi) is 6.25. The molecule has 0 unspecified atom stereocenters. The molecular weight excluding hydrogens is 304 g/mol. The van der Waals surface area contributed by atoms with Crippen LogP contribution in [-0.4, -0.2) is 25.2 Å². The largest absolute Gasteiger partial charge is 0.497 e. The topological polar surface area (TPSA) is 52.5 Å². The molecule has 1 amide bonds. The molecule has 1 heterocycles. The quantitative estimate of drug-likeness (QED) is 0.733. The number of amides is 1. The predicted molar refractivity (Wildman–Crippen MR) is 95.4 cm³/mol. The third-order valence-corrected chi connectivity index (χ3v) is 3.66. The van der Waals surface area contributed by atoms with Gasteiger partial charge in [-0.2, -0.15) is 0 Å². The standard InChI is InChI=1S/C10H13NO3.C9H9N/c1-13-9-4-3-8(6-11-7-12)10(5-9)14-2;1-10-7-6-8-4-2-3-5-9(8)10/h3-5,7H,6H2,1-2H3,(H,11,12);2-7H,1H3. The third kappa shape index (κ3) is 4.29. The minimum Gasteiger partial charge on any atom is -0.497 e. The Hall–Kier alpha value is -2.95. The summed E-state index contributed by atoms with van der Waals surface area (Å²) in [6.07, 6.45) is 2.73. The molecule has 1 N–H and O–H groups in total. The van der Waals surface area contributed by atoms with Crippen LogP contribution in [0.5, 0.6) is 11.5 Å². The molecule has 0 bridgehead atoms. The fourth-order valence-corrected chi connectivity index (χ4v) is 2.37. The zero-order valence-electron chi connectivity index (χ0n) is 14.2. The fourth-order valence-electron chi connectivity index (χ4n) is 2.37. The Morgan fingerprint density at radius 2 is 1.88 bits per heavy atom. The van der Waals surface area contributed by atoms with Crippen molar-refractivity contribution in [3.63, 3.8) is 0 Å². The maximum absolute atomic E-state index is 10.1. The molecule has 1 aromatic heterocycles. The maximum Gasteiger partial charge on any atom is 0.207 e. The molecule has 5 nitrogen and oxygen atoms in total. The van der Waals surface area contributed by atoms with Crippen LogP contribution in [0.1, 0.15) is 5.56 Å². The molecule has 0 aliphatic rings. The number of fused-ring (bicyclic) bond motifs is 1. The van der Waals surface area contributed by atoms with Crippen molar-refractivity contribution in [2.75, 3.05) is 14.2 Å². The molecule has 0 spiro atoms. The van der Waals surface area contributed by atoms with Crippen molar-refractivity contribution in [1.29, 1.82) is 0 Å². The number of carbonyl (C=O) groups is 1. The molecule has 2 aromatic carbocycles. The molecule has 0 aliphatic carbocycles. The zero-order chi connectivity index (χ0) is 17.4. The number of hydrogen-bond donors (Lipinski definition) is 1. The summed E-state index contributed by atoms with van der Waals surface area (Å²) < 4.78 is 12.3. The molecule has 0 atom stereocenters. The Bertz CT molecular complexity index is 796. The molecule has 0 fully saturated rings. The Morgan fingerprint density at radius 1 is 1.08 bits per heavy atom. The third-order valence-electron chi connectivity index (χ3n) is 3.66. The summed E-state index contributed by atoms with van der Waals surface area (Å²) in [5.41, 5.74) is 2.21. The van der Waals surface area contributed by atoms with E-state index in [9.17, 15) is 4.79 Å². The van der Waals surface area contributed by atoms with E-state index in [1.165, 1.54) is 10.9 Å². The predicted octanol–water partition coefficient (Wildman–Crippen LogP) is 3.13. The number of carbonyl (C=O) groups excluding carboxylic acids is 1. The molecule has 3 rings (SSSR count). The lowest BCUT2D eigenvalue weighted by atomic mass is 10.2. The van der Waals surface area contributed by atoms with Crippen LogP contribution in [0.3, 0.4) is 0 Å². The van der Waals surface area contributed by atoms with Crippen LogP contribution in [-0.2, 0) is 18.4 Å². The van der Waals surface area contributed by atoms with Crippen LogP contribution < -0.4 is 14.8 Å². The van der Waals surface area contributed by atoms with Gasteiger partial charge in [-0.1, -0.05) is 18.2 Å². The number of nitrogens with one attached hydrogen (secondary N) is 1. The van der Waals surface area contributed by atoms with Gasteiger partial charge in [-0.05, 0) is 29.7 Å². The van der Waals surface area contributed by atoms with E-state index in [0.29, 0.717) is 18.7 Å². The van der Waals surface area contributed by atoms with Crippen LogP contribution in [0.25, 0.3) is 10.9 Å². The van der Waals surface area contributed by atoms with E-state index in [2.05, 4.69) is 53.5 Å². The van der Waals surface area contributed by atoms with Crippen molar-refractivity contribution < 1.29 is 14.3 Å². The number of para-hydroxylation sites is 1. The molecule has 3 aromatic rings. The van der Waals surface area contributed by atoms with E-state index >= 15 is 0 Å². The second-order valence-electron chi connectivity index (χ2n) is 5.16. The summed E-state index contributed by atoms with van der Waals surface area (Å²) >= 11 is 0. The summed E-state index contributed by atoms with van der Waals surface area (Å²) in [7, 11) is 5.24. The number of benzene rings is 2. The first-order chi connectivity index (χ1) is 11.7. The van der Waals surface area contributed by atoms with Gasteiger partial charge < -0.3 is 19.4 Å². The van der Waals surface area contributed by atoms with E-state index in [-0.39, 0.29) is 0 Å². The van der Waals surface area contributed by atoms with E-state index < -0.39 is 0 Å². The lowest BCUT2D eigenvalue weighted by Gasteiger charge is -2.09. The number of aryl methyl sites for hydroxylation is 1. The Labute approximate surface area is 141 Å². The first-order valence-electron chi connectivity index (χ1n) is 7.57. The van der Waals surface area contributed by atoms with Crippen molar-refractivity contribution in [2.24, 2.45) is 7.05 Å². The van der Waals surface area contributed by atoms with Crippen molar-refractivity contribution >= 4 is 17.3 Å². The summed E-state index contributed by atoms with van der Waals surface area (Å²) in [5.74, 6) is 1.44. The average molecular weight is 326 g/mol. The highest BCUT2D eigenvalue weighted by Gasteiger charge is 2.03. The van der Waals surface area contributed by atoms with E-state index in [1.54, 1.807) is 20.3 Å². The molecule has 0 radical (unpaired) electrons. The van der Waals surface area contributed by atoms with Gasteiger partial charge in [0.05, 0.1) is 14.2 Å².